The van der Waals surface area contributed by atoms with Gasteiger partial charge >= 0.3 is 6.18 Å². The molecule has 1 aromatic heterocycles. The molecule has 0 unspecified atom stereocenters. The molecule has 96 valence electrons. The van der Waals surface area contributed by atoms with Crippen LogP contribution < -0.4 is 4.90 Å². The van der Waals surface area contributed by atoms with Crippen LogP contribution in [-0.2, 0) is 6.18 Å². The number of nitriles is 1. The molecule has 0 amide bonds. The van der Waals surface area contributed by atoms with Crippen molar-refractivity contribution in [3.05, 3.63) is 23.4 Å². The highest BCUT2D eigenvalue weighted by atomic mass is 19.4. The van der Waals surface area contributed by atoms with Crippen LogP contribution in [-0.4, -0.2) is 18.1 Å². The van der Waals surface area contributed by atoms with Gasteiger partial charge in [0, 0.05) is 13.1 Å². The predicted molar refractivity (Wildman–Crippen MR) is 60.0 cm³/mol. The Kier molecular flexibility index (Phi) is 3.16. The monoisotopic (exact) mass is 255 g/mol. The van der Waals surface area contributed by atoms with Crippen LogP contribution in [0.3, 0.4) is 0 Å². The van der Waals surface area contributed by atoms with Gasteiger partial charge in [-0.15, -0.1) is 0 Å². The highest BCUT2D eigenvalue weighted by Gasteiger charge is 2.34. The van der Waals surface area contributed by atoms with Gasteiger partial charge in [0.05, 0.1) is 5.56 Å². The summed E-state index contributed by atoms with van der Waals surface area (Å²) in [5, 5.41) is 8.94. The summed E-state index contributed by atoms with van der Waals surface area (Å²) in [6, 6.07) is 4.10. The Morgan fingerprint density at radius 1 is 1.39 bits per heavy atom. The second kappa shape index (κ2) is 4.48. The third kappa shape index (κ3) is 2.26. The first-order valence-corrected chi connectivity index (χ1v) is 5.64. The minimum atomic E-state index is -4.48. The highest BCUT2D eigenvalue weighted by molar-refractivity contribution is 5.55. The maximum absolute atomic E-state index is 12.6. The minimum Gasteiger partial charge on any atom is -0.356 e. The quantitative estimate of drug-likeness (QED) is 0.815. The zero-order valence-corrected chi connectivity index (χ0v) is 9.83. The molecule has 1 saturated carbocycles. The number of pyridine rings is 1. The summed E-state index contributed by atoms with van der Waals surface area (Å²) in [5.74, 6) is 0.122. The summed E-state index contributed by atoms with van der Waals surface area (Å²) in [5.41, 5.74) is -0.778. The highest BCUT2D eigenvalue weighted by Crippen LogP contribution is 2.33. The van der Waals surface area contributed by atoms with Crippen LogP contribution in [0.2, 0.25) is 0 Å². The summed E-state index contributed by atoms with van der Waals surface area (Å²) in [7, 11) is 1.69. The average molecular weight is 255 g/mol. The average Bonchev–Trinajstić information content (AvgIpc) is 2.24. The molecule has 0 N–H and O–H groups in total. The van der Waals surface area contributed by atoms with Gasteiger partial charge in [-0.3, -0.25) is 0 Å². The molecule has 1 heterocycles. The van der Waals surface area contributed by atoms with Gasteiger partial charge < -0.3 is 4.90 Å². The molecule has 0 aromatic carbocycles. The Morgan fingerprint density at radius 2 is 2.06 bits per heavy atom. The first-order chi connectivity index (χ1) is 8.43. The molecule has 1 aliphatic rings. The van der Waals surface area contributed by atoms with E-state index in [4.69, 9.17) is 5.26 Å². The summed E-state index contributed by atoms with van der Waals surface area (Å²) in [6.07, 6.45) is -1.56. The van der Waals surface area contributed by atoms with E-state index in [1.54, 1.807) is 11.9 Å². The van der Waals surface area contributed by atoms with Crippen molar-refractivity contribution < 1.29 is 13.2 Å². The molecule has 1 aromatic rings. The van der Waals surface area contributed by atoms with Gasteiger partial charge in [0.25, 0.3) is 0 Å². The van der Waals surface area contributed by atoms with Crippen LogP contribution in [0.1, 0.15) is 30.5 Å². The third-order valence-corrected chi connectivity index (χ3v) is 3.24. The lowest BCUT2D eigenvalue weighted by molar-refractivity contribution is -0.141. The maximum atomic E-state index is 12.6. The van der Waals surface area contributed by atoms with Crippen molar-refractivity contribution in [1.29, 1.82) is 5.26 Å². The predicted octanol–water partition coefficient (Wildman–Crippen LogP) is 2.96. The minimum absolute atomic E-state index is 0.122. The van der Waals surface area contributed by atoms with E-state index in [1.165, 1.54) is 6.07 Å². The van der Waals surface area contributed by atoms with E-state index in [9.17, 15) is 13.2 Å². The lowest BCUT2D eigenvalue weighted by atomic mass is 9.91. The molecule has 0 spiro atoms. The molecular weight excluding hydrogens is 243 g/mol. The largest absolute Gasteiger partial charge is 0.433 e. The molecule has 18 heavy (non-hydrogen) atoms. The fourth-order valence-electron chi connectivity index (χ4n) is 1.91. The number of aromatic nitrogens is 1. The SMILES string of the molecule is CN(c1nc(C(F)(F)F)ccc1C#N)C1CCC1. The first-order valence-electron chi connectivity index (χ1n) is 5.64. The van der Waals surface area contributed by atoms with E-state index in [-0.39, 0.29) is 17.4 Å². The van der Waals surface area contributed by atoms with Gasteiger partial charge in [-0.05, 0) is 31.4 Å². The zero-order chi connectivity index (χ0) is 13.3. The van der Waals surface area contributed by atoms with Crippen molar-refractivity contribution in [1.82, 2.24) is 4.98 Å². The van der Waals surface area contributed by atoms with Gasteiger partial charge in [-0.2, -0.15) is 18.4 Å². The summed E-state index contributed by atoms with van der Waals surface area (Å²) >= 11 is 0. The second-order valence-corrected chi connectivity index (χ2v) is 4.37. The molecule has 6 heteroatoms. The maximum Gasteiger partial charge on any atom is 0.433 e. The Hall–Kier alpha value is -1.77. The van der Waals surface area contributed by atoms with Crippen LogP contribution in [0, 0.1) is 11.3 Å². The van der Waals surface area contributed by atoms with Crippen molar-refractivity contribution in [2.24, 2.45) is 0 Å². The molecule has 0 atom stereocenters. The van der Waals surface area contributed by atoms with E-state index in [0.29, 0.717) is 0 Å². The van der Waals surface area contributed by atoms with Crippen LogP contribution in [0.5, 0.6) is 0 Å². The molecule has 0 saturated heterocycles. The first kappa shape index (κ1) is 12.7. The van der Waals surface area contributed by atoms with Gasteiger partial charge in [0.15, 0.2) is 0 Å². The van der Waals surface area contributed by atoms with Gasteiger partial charge in [0.1, 0.15) is 17.6 Å². The summed E-state index contributed by atoms with van der Waals surface area (Å²) < 4.78 is 37.8. The van der Waals surface area contributed by atoms with E-state index in [0.717, 1.165) is 25.3 Å². The fraction of sp³-hybridized carbons (Fsp3) is 0.500. The Labute approximate surface area is 103 Å². The van der Waals surface area contributed by atoms with Crippen LogP contribution >= 0.6 is 0 Å². The normalized spacial score (nSPS) is 15.9. The zero-order valence-electron chi connectivity index (χ0n) is 9.83. The molecule has 0 radical (unpaired) electrons. The number of rotatable bonds is 2. The van der Waals surface area contributed by atoms with Crippen molar-refractivity contribution in [2.45, 2.75) is 31.5 Å². The fourth-order valence-corrected chi connectivity index (χ4v) is 1.91. The molecule has 0 aliphatic heterocycles. The summed E-state index contributed by atoms with van der Waals surface area (Å²) in [6.45, 7) is 0. The Bertz CT molecular complexity index is 486. The molecule has 1 aliphatic carbocycles. The molecule has 3 nitrogen and oxygen atoms in total. The lowest BCUT2D eigenvalue weighted by Gasteiger charge is -2.36. The standard InChI is InChI=1S/C12H12F3N3/c1-18(9-3-2-4-9)11-8(7-16)5-6-10(17-11)12(13,14)15/h5-6,9H,2-4H2,1H3. The van der Waals surface area contributed by atoms with Crippen LogP contribution in [0.15, 0.2) is 12.1 Å². The van der Waals surface area contributed by atoms with Gasteiger partial charge in [-0.25, -0.2) is 4.98 Å². The van der Waals surface area contributed by atoms with E-state index >= 15 is 0 Å². The number of hydrogen-bond donors (Lipinski definition) is 0. The second-order valence-electron chi connectivity index (χ2n) is 4.37. The third-order valence-electron chi connectivity index (χ3n) is 3.24. The number of nitrogens with zero attached hydrogens (tertiary/aromatic N) is 3. The number of halogens is 3. The Morgan fingerprint density at radius 3 is 2.50 bits per heavy atom. The van der Waals surface area contributed by atoms with E-state index in [2.05, 4.69) is 4.98 Å². The Balaban J connectivity index is 2.39. The number of anilines is 1. The van der Waals surface area contributed by atoms with Gasteiger partial charge in [0.2, 0.25) is 0 Å². The van der Waals surface area contributed by atoms with E-state index < -0.39 is 11.9 Å². The molecular formula is C12H12F3N3. The van der Waals surface area contributed by atoms with Crippen molar-refractivity contribution in [3.63, 3.8) is 0 Å². The van der Waals surface area contributed by atoms with Gasteiger partial charge in [-0.1, -0.05) is 0 Å². The topological polar surface area (TPSA) is 39.9 Å². The number of hydrogen-bond acceptors (Lipinski definition) is 3. The number of alkyl halides is 3. The molecule has 0 bridgehead atoms. The summed E-state index contributed by atoms with van der Waals surface area (Å²) in [4.78, 5) is 5.27. The smallest absolute Gasteiger partial charge is 0.356 e. The van der Waals surface area contributed by atoms with E-state index in [1.807, 2.05) is 6.07 Å². The molecule has 1 fully saturated rings. The lowest BCUT2D eigenvalue weighted by Crippen LogP contribution is -2.38. The van der Waals surface area contributed by atoms with Crippen molar-refractivity contribution in [2.75, 3.05) is 11.9 Å². The van der Waals surface area contributed by atoms with Crippen molar-refractivity contribution in [3.8, 4) is 6.07 Å². The van der Waals surface area contributed by atoms with Crippen molar-refractivity contribution >= 4 is 5.82 Å². The molecule has 2 rings (SSSR count). The van der Waals surface area contributed by atoms with Crippen LogP contribution in [0.4, 0.5) is 19.0 Å². The van der Waals surface area contributed by atoms with Crippen LogP contribution in [0.25, 0.3) is 0 Å².